The van der Waals surface area contributed by atoms with Gasteiger partial charge in [0.2, 0.25) is 0 Å². The van der Waals surface area contributed by atoms with Crippen molar-refractivity contribution in [3.05, 3.63) is 63.7 Å². The molecule has 0 aliphatic heterocycles. The van der Waals surface area contributed by atoms with E-state index in [4.69, 9.17) is 11.6 Å². The third-order valence-electron chi connectivity index (χ3n) is 3.11. The van der Waals surface area contributed by atoms with Crippen LogP contribution in [0.3, 0.4) is 0 Å². The number of aryl methyl sites for hydroxylation is 1. The number of hydrogen-bond acceptors (Lipinski definition) is 3. The lowest BCUT2D eigenvalue weighted by Gasteiger charge is -2.11. The molecule has 0 aliphatic carbocycles. The SMILES string of the molecule is Cc1nc2cc(Cl)ccc2c(=O)n1-c1ccc(S)cc1. The van der Waals surface area contributed by atoms with E-state index in [-0.39, 0.29) is 5.56 Å². The Morgan fingerprint density at radius 2 is 1.85 bits per heavy atom. The average Bonchev–Trinajstić information content (AvgIpc) is 2.40. The van der Waals surface area contributed by atoms with Crippen molar-refractivity contribution < 1.29 is 0 Å². The molecule has 0 amide bonds. The molecule has 1 aromatic heterocycles. The Hall–Kier alpha value is -1.78. The second-order valence-electron chi connectivity index (χ2n) is 4.48. The zero-order valence-electron chi connectivity index (χ0n) is 10.7. The van der Waals surface area contributed by atoms with Crippen molar-refractivity contribution in [3.63, 3.8) is 0 Å². The molecule has 0 N–H and O–H groups in total. The number of halogens is 1. The molecule has 0 saturated carbocycles. The van der Waals surface area contributed by atoms with E-state index in [0.717, 1.165) is 10.6 Å². The van der Waals surface area contributed by atoms with Crippen molar-refractivity contribution in [1.29, 1.82) is 0 Å². The van der Waals surface area contributed by atoms with Gasteiger partial charge in [-0.15, -0.1) is 12.6 Å². The normalized spacial score (nSPS) is 10.9. The predicted molar refractivity (Wildman–Crippen MR) is 84.3 cm³/mol. The van der Waals surface area contributed by atoms with Crippen molar-refractivity contribution in [2.45, 2.75) is 11.8 Å². The standard InChI is InChI=1S/C15H11ClN2OS/c1-9-17-14-8-10(16)2-7-13(14)15(19)18(9)11-3-5-12(20)6-4-11/h2-8,20H,1H3. The van der Waals surface area contributed by atoms with Gasteiger partial charge in [-0.05, 0) is 49.4 Å². The average molecular weight is 303 g/mol. The Labute approximate surface area is 126 Å². The maximum Gasteiger partial charge on any atom is 0.265 e. The van der Waals surface area contributed by atoms with Crippen LogP contribution in [0.5, 0.6) is 0 Å². The topological polar surface area (TPSA) is 34.9 Å². The number of fused-ring (bicyclic) bond motifs is 1. The van der Waals surface area contributed by atoms with Crippen LogP contribution in [0.4, 0.5) is 0 Å². The van der Waals surface area contributed by atoms with Crippen LogP contribution in [0.25, 0.3) is 16.6 Å². The van der Waals surface area contributed by atoms with Crippen LogP contribution in [-0.4, -0.2) is 9.55 Å². The molecule has 0 bridgehead atoms. The molecule has 0 unspecified atom stereocenters. The summed E-state index contributed by atoms with van der Waals surface area (Å²) in [7, 11) is 0. The van der Waals surface area contributed by atoms with E-state index in [1.807, 2.05) is 24.3 Å². The fourth-order valence-corrected chi connectivity index (χ4v) is 2.49. The lowest BCUT2D eigenvalue weighted by Crippen LogP contribution is -2.22. The Kier molecular flexibility index (Phi) is 3.28. The van der Waals surface area contributed by atoms with E-state index in [1.165, 1.54) is 0 Å². The number of rotatable bonds is 1. The van der Waals surface area contributed by atoms with E-state index in [0.29, 0.717) is 21.7 Å². The van der Waals surface area contributed by atoms with Crippen LogP contribution in [0, 0.1) is 6.92 Å². The second kappa shape index (κ2) is 4.96. The molecule has 3 rings (SSSR count). The summed E-state index contributed by atoms with van der Waals surface area (Å²) in [5, 5.41) is 1.12. The largest absolute Gasteiger partial charge is 0.268 e. The summed E-state index contributed by atoms with van der Waals surface area (Å²) in [6.45, 7) is 1.80. The summed E-state index contributed by atoms with van der Waals surface area (Å²) in [5.74, 6) is 0.622. The van der Waals surface area contributed by atoms with Crippen LogP contribution in [0.15, 0.2) is 52.2 Å². The first kappa shape index (κ1) is 13.2. The fraction of sp³-hybridized carbons (Fsp3) is 0.0667. The number of nitrogens with zero attached hydrogens (tertiary/aromatic N) is 2. The Bertz CT molecular complexity index is 856. The highest BCUT2D eigenvalue weighted by atomic mass is 35.5. The van der Waals surface area contributed by atoms with Gasteiger partial charge in [0.15, 0.2) is 0 Å². The van der Waals surface area contributed by atoms with E-state index >= 15 is 0 Å². The van der Waals surface area contributed by atoms with Gasteiger partial charge in [0.1, 0.15) is 5.82 Å². The van der Waals surface area contributed by atoms with E-state index in [2.05, 4.69) is 17.6 Å². The summed E-state index contributed by atoms with van der Waals surface area (Å²) in [6.07, 6.45) is 0. The third-order valence-corrected chi connectivity index (χ3v) is 3.64. The molecule has 0 atom stereocenters. The van der Waals surface area contributed by atoms with Gasteiger partial charge >= 0.3 is 0 Å². The summed E-state index contributed by atoms with van der Waals surface area (Å²) in [6, 6.07) is 12.5. The molecule has 1 heterocycles. The zero-order valence-corrected chi connectivity index (χ0v) is 12.3. The molecule has 0 radical (unpaired) electrons. The number of benzene rings is 2. The minimum Gasteiger partial charge on any atom is -0.268 e. The first-order chi connectivity index (χ1) is 9.56. The second-order valence-corrected chi connectivity index (χ2v) is 5.43. The molecule has 5 heteroatoms. The lowest BCUT2D eigenvalue weighted by molar-refractivity contribution is 0.893. The maximum atomic E-state index is 12.6. The van der Waals surface area contributed by atoms with Gasteiger partial charge < -0.3 is 0 Å². The Morgan fingerprint density at radius 1 is 1.15 bits per heavy atom. The molecule has 3 nitrogen and oxygen atoms in total. The number of aromatic nitrogens is 2. The van der Waals surface area contributed by atoms with Gasteiger partial charge in [0.25, 0.3) is 5.56 Å². The van der Waals surface area contributed by atoms with Crippen LogP contribution in [-0.2, 0) is 0 Å². The van der Waals surface area contributed by atoms with Gasteiger partial charge in [-0.3, -0.25) is 9.36 Å². The highest BCUT2D eigenvalue weighted by Gasteiger charge is 2.10. The molecule has 0 saturated heterocycles. The van der Waals surface area contributed by atoms with Crippen molar-refractivity contribution >= 4 is 35.1 Å². The third kappa shape index (κ3) is 2.21. The van der Waals surface area contributed by atoms with Crippen LogP contribution < -0.4 is 5.56 Å². The number of thiol groups is 1. The highest BCUT2D eigenvalue weighted by Crippen LogP contribution is 2.17. The predicted octanol–water partition coefficient (Wildman–Crippen LogP) is 3.64. The van der Waals surface area contributed by atoms with Gasteiger partial charge in [-0.2, -0.15) is 0 Å². The molecule has 0 spiro atoms. The molecule has 20 heavy (non-hydrogen) atoms. The molecule has 0 fully saturated rings. The Balaban J connectivity index is 2.34. The van der Waals surface area contributed by atoms with E-state index in [1.54, 1.807) is 29.7 Å². The van der Waals surface area contributed by atoms with Gasteiger partial charge in [0.05, 0.1) is 16.6 Å². The molecule has 0 aliphatic rings. The summed E-state index contributed by atoms with van der Waals surface area (Å²) in [4.78, 5) is 17.9. The highest BCUT2D eigenvalue weighted by molar-refractivity contribution is 7.80. The van der Waals surface area contributed by atoms with Crippen LogP contribution >= 0.6 is 24.2 Å². The van der Waals surface area contributed by atoms with Crippen molar-refractivity contribution in [2.24, 2.45) is 0 Å². The number of hydrogen-bond donors (Lipinski definition) is 1. The van der Waals surface area contributed by atoms with Gasteiger partial charge in [0, 0.05) is 9.92 Å². The van der Waals surface area contributed by atoms with Crippen LogP contribution in [0.1, 0.15) is 5.82 Å². The first-order valence-electron chi connectivity index (χ1n) is 6.04. The fourth-order valence-electron chi connectivity index (χ4n) is 2.18. The minimum absolute atomic E-state index is 0.101. The minimum atomic E-state index is -0.101. The quantitative estimate of drug-likeness (QED) is 0.697. The van der Waals surface area contributed by atoms with E-state index < -0.39 is 0 Å². The maximum absolute atomic E-state index is 12.6. The van der Waals surface area contributed by atoms with Gasteiger partial charge in [-0.1, -0.05) is 11.6 Å². The summed E-state index contributed by atoms with van der Waals surface area (Å²) in [5.41, 5.74) is 1.28. The van der Waals surface area contributed by atoms with E-state index in [9.17, 15) is 4.79 Å². The van der Waals surface area contributed by atoms with Crippen molar-refractivity contribution in [1.82, 2.24) is 9.55 Å². The van der Waals surface area contributed by atoms with Crippen molar-refractivity contribution in [3.8, 4) is 5.69 Å². The molecule has 100 valence electrons. The summed E-state index contributed by atoms with van der Waals surface area (Å²) >= 11 is 10.2. The first-order valence-corrected chi connectivity index (χ1v) is 6.87. The molecule has 3 aromatic rings. The molecule has 2 aromatic carbocycles. The molecular weight excluding hydrogens is 292 g/mol. The zero-order chi connectivity index (χ0) is 14.3. The monoisotopic (exact) mass is 302 g/mol. The van der Waals surface area contributed by atoms with Gasteiger partial charge in [-0.25, -0.2) is 4.98 Å². The van der Waals surface area contributed by atoms with Crippen molar-refractivity contribution in [2.75, 3.05) is 0 Å². The lowest BCUT2D eigenvalue weighted by atomic mass is 10.2. The molecular formula is C15H11ClN2OS. The van der Waals surface area contributed by atoms with Crippen LogP contribution in [0.2, 0.25) is 5.02 Å². The Morgan fingerprint density at radius 3 is 2.55 bits per heavy atom. The smallest absolute Gasteiger partial charge is 0.265 e. The summed E-state index contributed by atoms with van der Waals surface area (Å²) < 4.78 is 1.59.